The van der Waals surface area contributed by atoms with Crippen LogP contribution in [-0.4, -0.2) is 19.9 Å². The Morgan fingerprint density at radius 3 is 2.89 bits per heavy atom. The summed E-state index contributed by atoms with van der Waals surface area (Å²) in [6.07, 6.45) is 3.14. The lowest BCUT2D eigenvalue weighted by Gasteiger charge is -1.98. The zero-order valence-corrected chi connectivity index (χ0v) is 10.1. The maximum Gasteiger partial charge on any atom is 0.261 e. The van der Waals surface area contributed by atoms with Crippen LogP contribution in [0.1, 0.15) is 17.2 Å². The van der Waals surface area contributed by atoms with E-state index in [0.29, 0.717) is 18.3 Å². The van der Waals surface area contributed by atoms with Crippen molar-refractivity contribution in [2.24, 2.45) is 0 Å². The van der Waals surface area contributed by atoms with E-state index in [1.165, 1.54) is 0 Å². The predicted molar refractivity (Wildman–Crippen MR) is 62.8 cm³/mol. The molecule has 0 amide bonds. The Kier molecular flexibility index (Phi) is 2.47. The molecule has 0 radical (unpaired) electrons. The Morgan fingerprint density at radius 2 is 2.22 bits per heavy atom. The highest BCUT2D eigenvalue weighted by atomic mass is 16.5. The molecule has 0 bridgehead atoms. The van der Waals surface area contributed by atoms with Gasteiger partial charge in [-0.15, -0.1) is 0 Å². The van der Waals surface area contributed by atoms with Crippen molar-refractivity contribution in [3.8, 4) is 11.5 Å². The smallest absolute Gasteiger partial charge is 0.261 e. The molecule has 0 N–H and O–H groups in total. The van der Waals surface area contributed by atoms with E-state index in [4.69, 9.17) is 8.94 Å². The first kappa shape index (κ1) is 10.8. The first-order valence-corrected chi connectivity index (χ1v) is 5.58. The third-order valence-electron chi connectivity index (χ3n) is 2.63. The van der Waals surface area contributed by atoms with Crippen LogP contribution in [0, 0.1) is 13.8 Å². The highest BCUT2D eigenvalue weighted by molar-refractivity contribution is 5.49. The van der Waals surface area contributed by atoms with Crippen LogP contribution in [0.15, 0.2) is 33.6 Å². The molecule has 3 aromatic heterocycles. The van der Waals surface area contributed by atoms with Crippen LogP contribution in [0.2, 0.25) is 0 Å². The predicted octanol–water partition coefficient (Wildman–Crippen LogP) is 2.19. The molecule has 0 saturated carbocycles. The molecule has 0 fully saturated rings. The Labute approximate surface area is 103 Å². The van der Waals surface area contributed by atoms with Gasteiger partial charge >= 0.3 is 0 Å². The molecule has 92 valence electrons. The van der Waals surface area contributed by atoms with Crippen LogP contribution < -0.4 is 0 Å². The fourth-order valence-electron chi connectivity index (χ4n) is 1.79. The molecule has 18 heavy (non-hydrogen) atoms. The topological polar surface area (TPSA) is 69.9 Å². The van der Waals surface area contributed by atoms with Crippen molar-refractivity contribution >= 4 is 0 Å². The summed E-state index contributed by atoms with van der Waals surface area (Å²) >= 11 is 0. The van der Waals surface area contributed by atoms with Crippen molar-refractivity contribution < 1.29 is 8.94 Å². The van der Waals surface area contributed by atoms with Gasteiger partial charge in [0, 0.05) is 5.69 Å². The summed E-state index contributed by atoms with van der Waals surface area (Å²) in [6, 6.07) is 3.79. The second-order valence-corrected chi connectivity index (χ2v) is 4.11. The number of hydrogen-bond acceptors (Lipinski definition) is 5. The largest absolute Gasteiger partial charge is 0.472 e. The second kappa shape index (κ2) is 4.14. The first-order chi connectivity index (χ1) is 8.72. The minimum atomic E-state index is 0.459. The van der Waals surface area contributed by atoms with E-state index in [0.717, 1.165) is 17.0 Å². The van der Waals surface area contributed by atoms with Crippen molar-refractivity contribution in [3.05, 3.63) is 41.9 Å². The standard InChI is InChI=1S/C12H12N4O2/c1-8-5-9(2)16(14-8)6-11-13-12(18-15-11)10-3-4-17-7-10/h3-5,7H,6H2,1-2H3. The molecule has 3 aromatic rings. The van der Waals surface area contributed by atoms with Gasteiger partial charge in [0.25, 0.3) is 5.89 Å². The van der Waals surface area contributed by atoms with E-state index in [-0.39, 0.29) is 0 Å². The second-order valence-electron chi connectivity index (χ2n) is 4.11. The van der Waals surface area contributed by atoms with Crippen molar-refractivity contribution in [2.75, 3.05) is 0 Å². The number of furan rings is 1. The molecule has 0 spiro atoms. The molecular formula is C12H12N4O2. The SMILES string of the molecule is Cc1cc(C)n(Cc2noc(-c3ccoc3)n2)n1. The van der Waals surface area contributed by atoms with Crippen molar-refractivity contribution in [3.63, 3.8) is 0 Å². The minimum absolute atomic E-state index is 0.459. The van der Waals surface area contributed by atoms with Gasteiger partial charge in [-0.25, -0.2) is 0 Å². The summed E-state index contributed by atoms with van der Waals surface area (Å²) < 4.78 is 12.0. The molecule has 3 rings (SSSR count). The number of nitrogens with zero attached hydrogens (tertiary/aromatic N) is 4. The third-order valence-corrected chi connectivity index (χ3v) is 2.63. The maximum atomic E-state index is 5.17. The third kappa shape index (κ3) is 1.92. The zero-order chi connectivity index (χ0) is 12.5. The van der Waals surface area contributed by atoms with E-state index in [1.807, 2.05) is 24.6 Å². The normalized spacial score (nSPS) is 11.0. The van der Waals surface area contributed by atoms with Gasteiger partial charge < -0.3 is 8.94 Å². The summed E-state index contributed by atoms with van der Waals surface area (Å²) in [5.74, 6) is 1.05. The molecule has 6 nitrogen and oxygen atoms in total. The molecule has 0 atom stereocenters. The molecule has 3 heterocycles. The van der Waals surface area contributed by atoms with Gasteiger partial charge in [0.15, 0.2) is 5.82 Å². The quantitative estimate of drug-likeness (QED) is 0.706. The molecule has 0 aromatic carbocycles. The fourth-order valence-corrected chi connectivity index (χ4v) is 1.79. The number of aromatic nitrogens is 4. The van der Waals surface area contributed by atoms with Crippen molar-refractivity contribution in [2.45, 2.75) is 20.4 Å². The zero-order valence-electron chi connectivity index (χ0n) is 10.1. The van der Waals surface area contributed by atoms with Gasteiger partial charge in [-0.3, -0.25) is 4.68 Å². The average Bonchev–Trinajstić information content (AvgIpc) is 3.02. The highest BCUT2D eigenvalue weighted by Gasteiger charge is 2.11. The number of rotatable bonds is 3. The molecule has 0 unspecified atom stereocenters. The van der Waals surface area contributed by atoms with Gasteiger partial charge in [0.05, 0.1) is 17.5 Å². The van der Waals surface area contributed by atoms with E-state index >= 15 is 0 Å². The van der Waals surface area contributed by atoms with E-state index < -0.39 is 0 Å². The van der Waals surface area contributed by atoms with Gasteiger partial charge in [-0.1, -0.05) is 5.16 Å². The van der Waals surface area contributed by atoms with E-state index in [9.17, 15) is 0 Å². The van der Waals surface area contributed by atoms with Gasteiger partial charge in [0.2, 0.25) is 0 Å². The van der Waals surface area contributed by atoms with Crippen LogP contribution in [0.5, 0.6) is 0 Å². The molecule has 0 aliphatic rings. The summed E-state index contributed by atoms with van der Waals surface area (Å²) in [5.41, 5.74) is 2.83. The monoisotopic (exact) mass is 244 g/mol. The van der Waals surface area contributed by atoms with Gasteiger partial charge in [-0.05, 0) is 26.0 Å². The molecule has 0 saturated heterocycles. The van der Waals surface area contributed by atoms with E-state index in [2.05, 4.69) is 15.2 Å². The highest BCUT2D eigenvalue weighted by Crippen LogP contribution is 2.17. The Bertz CT molecular complexity index is 651. The minimum Gasteiger partial charge on any atom is -0.472 e. The first-order valence-electron chi connectivity index (χ1n) is 5.58. The van der Waals surface area contributed by atoms with E-state index in [1.54, 1.807) is 18.6 Å². The lowest BCUT2D eigenvalue weighted by Crippen LogP contribution is -2.05. The Hall–Kier alpha value is -2.37. The van der Waals surface area contributed by atoms with Crippen molar-refractivity contribution in [1.82, 2.24) is 19.9 Å². The van der Waals surface area contributed by atoms with Gasteiger partial charge in [0.1, 0.15) is 12.8 Å². The number of hydrogen-bond donors (Lipinski definition) is 0. The van der Waals surface area contributed by atoms with Crippen LogP contribution in [0.25, 0.3) is 11.5 Å². The van der Waals surface area contributed by atoms with Crippen LogP contribution >= 0.6 is 0 Å². The summed E-state index contributed by atoms with van der Waals surface area (Å²) in [6.45, 7) is 4.45. The summed E-state index contributed by atoms with van der Waals surface area (Å²) in [7, 11) is 0. The average molecular weight is 244 g/mol. The molecule has 0 aliphatic heterocycles. The fraction of sp³-hybridized carbons (Fsp3) is 0.250. The Balaban J connectivity index is 1.84. The lowest BCUT2D eigenvalue weighted by molar-refractivity contribution is 0.417. The molecule has 0 aliphatic carbocycles. The van der Waals surface area contributed by atoms with Crippen LogP contribution in [0.4, 0.5) is 0 Å². The van der Waals surface area contributed by atoms with Crippen molar-refractivity contribution in [1.29, 1.82) is 0 Å². The van der Waals surface area contributed by atoms with Crippen LogP contribution in [-0.2, 0) is 6.54 Å². The van der Waals surface area contributed by atoms with Crippen LogP contribution in [0.3, 0.4) is 0 Å². The summed E-state index contributed by atoms with van der Waals surface area (Å²) in [4.78, 5) is 4.30. The lowest BCUT2D eigenvalue weighted by atomic mass is 10.3. The molecule has 6 heteroatoms. The maximum absolute atomic E-state index is 5.17. The van der Waals surface area contributed by atoms with Gasteiger partial charge in [-0.2, -0.15) is 10.1 Å². The Morgan fingerprint density at radius 1 is 1.33 bits per heavy atom. The summed E-state index contributed by atoms with van der Waals surface area (Å²) in [5, 5.41) is 8.28. The number of aryl methyl sites for hydroxylation is 2. The molecular weight excluding hydrogens is 232 g/mol.